The van der Waals surface area contributed by atoms with Crippen LogP contribution in [-0.4, -0.2) is 30.8 Å². The van der Waals surface area contributed by atoms with Crippen LogP contribution >= 0.6 is 0 Å². The highest BCUT2D eigenvalue weighted by molar-refractivity contribution is 7.90. The molecule has 0 aliphatic heterocycles. The lowest BCUT2D eigenvalue weighted by Gasteiger charge is -2.07. The van der Waals surface area contributed by atoms with Gasteiger partial charge in [-0.25, -0.2) is 8.42 Å². The van der Waals surface area contributed by atoms with Crippen LogP contribution in [0.2, 0.25) is 0 Å². The highest BCUT2D eigenvalue weighted by Crippen LogP contribution is 2.25. The summed E-state index contributed by atoms with van der Waals surface area (Å²) in [7, 11) is -3.28. The van der Waals surface area contributed by atoms with Crippen LogP contribution in [0.1, 0.15) is 10.4 Å². The average molecular weight is 307 g/mol. The lowest BCUT2D eigenvalue weighted by atomic mass is 10.2. The number of benzene rings is 2. The van der Waals surface area contributed by atoms with Crippen LogP contribution in [0, 0.1) is 0 Å². The van der Waals surface area contributed by atoms with Gasteiger partial charge in [0, 0.05) is 17.5 Å². The zero-order valence-electron chi connectivity index (χ0n) is 11.1. The number of hydrogen-bond acceptors (Lipinski definition) is 5. The Kier molecular flexibility index (Phi) is 3.86. The highest BCUT2D eigenvalue weighted by Gasteiger charge is 2.10. The summed E-state index contributed by atoms with van der Waals surface area (Å²) in [5.41, 5.74) is 0.581. The minimum absolute atomic E-state index is 0.155. The molecule has 0 spiro atoms. The second kappa shape index (κ2) is 5.45. The van der Waals surface area contributed by atoms with Gasteiger partial charge in [0.2, 0.25) is 0 Å². The number of hydrogen-bond donors (Lipinski definition) is 3. The fraction of sp³-hybridized carbons (Fsp3) is 0.0714. The molecule has 2 rings (SSSR count). The van der Waals surface area contributed by atoms with Gasteiger partial charge in [0.25, 0.3) is 5.91 Å². The molecular formula is C14H13NO5S. The molecule has 0 aromatic heterocycles. The number of amides is 1. The van der Waals surface area contributed by atoms with E-state index in [9.17, 15) is 23.4 Å². The Hall–Kier alpha value is -2.54. The Morgan fingerprint density at radius 2 is 1.62 bits per heavy atom. The van der Waals surface area contributed by atoms with E-state index in [0.29, 0.717) is 5.69 Å². The highest BCUT2D eigenvalue weighted by atomic mass is 32.2. The van der Waals surface area contributed by atoms with Crippen LogP contribution in [0.5, 0.6) is 11.5 Å². The summed E-state index contributed by atoms with van der Waals surface area (Å²) >= 11 is 0. The normalized spacial score (nSPS) is 11.1. The van der Waals surface area contributed by atoms with Gasteiger partial charge in [-0.3, -0.25) is 4.79 Å². The maximum absolute atomic E-state index is 11.9. The van der Waals surface area contributed by atoms with E-state index in [1.54, 1.807) is 0 Å². The van der Waals surface area contributed by atoms with E-state index in [0.717, 1.165) is 12.3 Å². The Bertz CT molecular complexity index is 782. The SMILES string of the molecule is CS(=O)(=O)c1ccc(NC(=O)c2ccc(O)c(O)c2)cc1. The Labute approximate surface area is 121 Å². The van der Waals surface area contributed by atoms with E-state index in [4.69, 9.17) is 0 Å². The van der Waals surface area contributed by atoms with Crippen LogP contribution in [0.25, 0.3) is 0 Å². The fourth-order valence-corrected chi connectivity index (χ4v) is 2.28. The van der Waals surface area contributed by atoms with E-state index in [1.165, 1.54) is 36.4 Å². The van der Waals surface area contributed by atoms with Crippen molar-refractivity contribution >= 4 is 21.4 Å². The molecule has 0 saturated carbocycles. The summed E-state index contributed by atoms with van der Waals surface area (Å²) in [6.45, 7) is 0. The largest absolute Gasteiger partial charge is 0.504 e. The molecule has 110 valence electrons. The number of nitrogens with one attached hydrogen (secondary N) is 1. The molecule has 0 fully saturated rings. The molecule has 7 heteroatoms. The van der Waals surface area contributed by atoms with Crippen LogP contribution in [0.3, 0.4) is 0 Å². The molecule has 21 heavy (non-hydrogen) atoms. The van der Waals surface area contributed by atoms with E-state index >= 15 is 0 Å². The van der Waals surface area contributed by atoms with Crippen LogP contribution < -0.4 is 5.32 Å². The van der Waals surface area contributed by atoms with Gasteiger partial charge in [0.1, 0.15) is 0 Å². The summed E-state index contributed by atoms with van der Waals surface area (Å²) in [5.74, 6) is -1.20. The Morgan fingerprint density at radius 1 is 1.00 bits per heavy atom. The first kappa shape index (κ1) is 14.9. The van der Waals surface area contributed by atoms with Crippen molar-refractivity contribution in [3.8, 4) is 11.5 Å². The summed E-state index contributed by atoms with van der Waals surface area (Å²) < 4.78 is 22.6. The monoisotopic (exact) mass is 307 g/mol. The summed E-state index contributed by atoms with van der Waals surface area (Å²) in [6.07, 6.45) is 1.10. The van der Waals surface area contributed by atoms with Gasteiger partial charge in [0.05, 0.1) is 4.90 Å². The van der Waals surface area contributed by atoms with Gasteiger partial charge in [-0.1, -0.05) is 0 Å². The van der Waals surface area contributed by atoms with E-state index in [1.807, 2.05) is 0 Å². The van der Waals surface area contributed by atoms with Gasteiger partial charge in [-0.15, -0.1) is 0 Å². The van der Waals surface area contributed by atoms with Gasteiger partial charge in [0.15, 0.2) is 21.3 Å². The molecule has 6 nitrogen and oxygen atoms in total. The van der Waals surface area contributed by atoms with Crippen molar-refractivity contribution in [2.45, 2.75) is 4.90 Å². The molecule has 0 atom stereocenters. The number of phenols is 2. The number of carbonyl (C=O) groups excluding carboxylic acids is 1. The average Bonchev–Trinajstić information content (AvgIpc) is 2.41. The molecule has 2 aromatic rings. The third kappa shape index (κ3) is 3.51. The van der Waals surface area contributed by atoms with E-state index in [-0.39, 0.29) is 16.2 Å². The molecule has 0 unspecified atom stereocenters. The number of phenolic OH excluding ortho intramolecular Hbond substituents is 2. The molecule has 1 amide bonds. The minimum Gasteiger partial charge on any atom is -0.504 e. The number of sulfone groups is 1. The second-order valence-electron chi connectivity index (χ2n) is 4.45. The third-order valence-corrected chi connectivity index (χ3v) is 3.91. The Balaban J connectivity index is 2.18. The van der Waals surface area contributed by atoms with Crippen molar-refractivity contribution in [3.63, 3.8) is 0 Å². The summed E-state index contributed by atoms with van der Waals surface area (Å²) in [5, 5.41) is 21.1. The third-order valence-electron chi connectivity index (χ3n) is 2.78. The fourth-order valence-electron chi connectivity index (χ4n) is 1.65. The maximum Gasteiger partial charge on any atom is 0.255 e. The molecule has 0 aliphatic rings. The predicted octanol–water partition coefficient (Wildman–Crippen LogP) is 1.75. The van der Waals surface area contributed by atoms with Gasteiger partial charge in [-0.2, -0.15) is 0 Å². The quantitative estimate of drug-likeness (QED) is 0.750. The van der Waals surface area contributed by atoms with Crippen molar-refractivity contribution in [1.29, 1.82) is 0 Å². The molecule has 0 aliphatic carbocycles. The van der Waals surface area contributed by atoms with Gasteiger partial charge in [-0.05, 0) is 42.5 Å². The number of carbonyl (C=O) groups is 1. The van der Waals surface area contributed by atoms with E-state index < -0.39 is 21.5 Å². The number of anilines is 1. The van der Waals surface area contributed by atoms with Crippen molar-refractivity contribution in [2.24, 2.45) is 0 Å². The lowest BCUT2D eigenvalue weighted by molar-refractivity contribution is 0.102. The van der Waals surface area contributed by atoms with Crippen molar-refractivity contribution < 1.29 is 23.4 Å². The van der Waals surface area contributed by atoms with Crippen LogP contribution in [0.15, 0.2) is 47.4 Å². The smallest absolute Gasteiger partial charge is 0.255 e. The first-order valence-electron chi connectivity index (χ1n) is 5.91. The number of aromatic hydroxyl groups is 2. The first-order chi connectivity index (χ1) is 9.77. The molecule has 2 aromatic carbocycles. The second-order valence-corrected chi connectivity index (χ2v) is 6.47. The van der Waals surface area contributed by atoms with Crippen molar-refractivity contribution in [2.75, 3.05) is 11.6 Å². The standard InChI is InChI=1S/C14H13NO5S/c1-21(19,20)11-5-3-10(4-6-11)15-14(18)9-2-7-12(16)13(17)8-9/h2-8,16-17H,1H3,(H,15,18). The predicted molar refractivity (Wildman–Crippen MR) is 77.3 cm³/mol. The Morgan fingerprint density at radius 3 is 2.14 bits per heavy atom. The summed E-state index contributed by atoms with van der Waals surface area (Å²) in [6, 6.07) is 9.41. The molecule has 0 saturated heterocycles. The van der Waals surface area contributed by atoms with Crippen molar-refractivity contribution in [1.82, 2.24) is 0 Å². The minimum atomic E-state index is -3.28. The molecule has 0 heterocycles. The first-order valence-corrected chi connectivity index (χ1v) is 7.80. The van der Waals surface area contributed by atoms with Gasteiger partial charge >= 0.3 is 0 Å². The van der Waals surface area contributed by atoms with Crippen molar-refractivity contribution in [3.05, 3.63) is 48.0 Å². The number of rotatable bonds is 3. The molecular weight excluding hydrogens is 294 g/mol. The van der Waals surface area contributed by atoms with Crippen LogP contribution in [0.4, 0.5) is 5.69 Å². The van der Waals surface area contributed by atoms with E-state index in [2.05, 4.69) is 5.32 Å². The topological polar surface area (TPSA) is 104 Å². The lowest BCUT2D eigenvalue weighted by Crippen LogP contribution is -2.11. The maximum atomic E-state index is 11.9. The molecule has 0 bridgehead atoms. The molecule has 3 N–H and O–H groups in total. The van der Waals surface area contributed by atoms with Gasteiger partial charge < -0.3 is 15.5 Å². The van der Waals surface area contributed by atoms with Crippen LogP contribution in [-0.2, 0) is 9.84 Å². The zero-order valence-corrected chi connectivity index (χ0v) is 11.9. The molecule has 0 radical (unpaired) electrons. The zero-order chi connectivity index (χ0) is 15.6. The summed E-state index contributed by atoms with van der Waals surface area (Å²) in [4.78, 5) is 12.1.